The molecular formula is C44H72Cl2N12O7. The fourth-order valence-corrected chi connectivity index (χ4v) is 8.94. The van der Waals surface area contributed by atoms with Gasteiger partial charge in [0.1, 0.15) is 11.6 Å². The van der Waals surface area contributed by atoms with Crippen LogP contribution in [0.25, 0.3) is 0 Å². The van der Waals surface area contributed by atoms with Crippen molar-refractivity contribution < 1.29 is 35.0 Å². The van der Waals surface area contributed by atoms with Crippen LogP contribution < -0.4 is 0 Å². The normalized spacial score (nSPS) is 22.9. The third-order valence-electron chi connectivity index (χ3n) is 12.5. The Morgan fingerprint density at radius 1 is 0.492 bits per heavy atom. The number of halogens is 2. The molecule has 6 rings (SSSR count). The second kappa shape index (κ2) is 24.2. The van der Waals surface area contributed by atoms with Gasteiger partial charge in [0.15, 0.2) is 0 Å². The number of β-amino-alcohol motifs (C(OH)–C–C–N with tert-alkyl or cyclic N) is 5. The van der Waals surface area contributed by atoms with Crippen LogP contribution >= 0.6 is 23.2 Å². The van der Waals surface area contributed by atoms with E-state index < -0.39 is 30.5 Å². The summed E-state index contributed by atoms with van der Waals surface area (Å²) in [7, 11) is 0. The zero-order valence-corrected chi connectivity index (χ0v) is 40.0. The lowest BCUT2D eigenvalue weighted by Crippen LogP contribution is -2.47. The predicted octanol–water partition coefficient (Wildman–Crippen LogP) is 0.800. The quantitative estimate of drug-likeness (QED) is 0.0756. The van der Waals surface area contributed by atoms with Crippen LogP contribution in [-0.4, -0.2) is 229 Å². The van der Waals surface area contributed by atoms with E-state index in [0.717, 1.165) is 11.6 Å². The molecule has 0 saturated carbocycles. The summed E-state index contributed by atoms with van der Waals surface area (Å²) < 4.78 is 16.0. The molecule has 0 spiro atoms. The van der Waals surface area contributed by atoms with E-state index in [-0.39, 0.29) is 55.7 Å². The number of hydrogen-bond acceptors (Lipinski definition) is 17. The first-order valence-electron chi connectivity index (χ1n) is 22.7. The summed E-state index contributed by atoms with van der Waals surface area (Å²) in [6.07, 6.45) is 18.8. The van der Waals surface area contributed by atoms with Crippen molar-refractivity contribution in [3.8, 4) is 0 Å². The highest BCUT2D eigenvalue weighted by Gasteiger charge is 2.31. The topological polar surface area (TPSA) is 181 Å². The first kappa shape index (κ1) is 50.5. The maximum Gasteiger partial charge on any atom is 0.105 e. The van der Waals surface area contributed by atoms with E-state index in [4.69, 9.17) is 32.7 Å². The van der Waals surface area contributed by atoms with Gasteiger partial charge in [0.05, 0.1) is 106 Å². The first-order chi connectivity index (χ1) is 31.2. The molecule has 0 radical (unpaired) electrons. The van der Waals surface area contributed by atoms with Gasteiger partial charge in [-0.1, -0.05) is 0 Å². The van der Waals surface area contributed by atoms with Crippen molar-refractivity contribution in [1.29, 1.82) is 0 Å². The summed E-state index contributed by atoms with van der Waals surface area (Å²) >= 11 is 12.6. The van der Waals surface area contributed by atoms with Gasteiger partial charge in [-0.25, -0.2) is 9.97 Å². The van der Waals surface area contributed by atoms with E-state index in [1.54, 1.807) is 12.4 Å². The van der Waals surface area contributed by atoms with Gasteiger partial charge in [-0.2, -0.15) is 0 Å². The number of hydrogen-bond donors (Lipinski definition) is 5. The number of aliphatic hydroxyl groups excluding tert-OH is 5. The Hall–Kier alpha value is -3.92. The number of alkyl halides is 2. The molecule has 0 fully saturated rings. The molecule has 19 nitrogen and oxygen atoms in total. The minimum absolute atomic E-state index is 0.0105. The Labute approximate surface area is 394 Å². The zero-order chi connectivity index (χ0) is 46.6. The van der Waals surface area contributed by atoms with Crippen molar-refractivity contribution in [2.75, 3.05) is 84.0 Å². The third kappa shape index (κ3) is 14.5. The van der Waals surface area contributed by atoms with Gasteiger partial charge in [-0.15, -0.1) is 23.2 Å². The second-order valence-corrected chi connectivity index (χ2v) is 18.3. The minimum Gasteiger partial charge on any atom is -0.389 e. The molecule has 10 atom stereocenters. The molecule has 2 aromatic rings. The Kier molecular flexibility index (Phi) is 18.8. The highest BCUT2D eigenvalue weighted by molar-refractivity contribution is 6.18. The van der Waals surface area contributed by atoms with E-state index in [2.05, 4.69) is 41.4 Å². The molecule has 6 heterocycles. The predicted molar refractivity (Wildman–Crippen MR) is 248 cm³/mol. The number of aliphatic hydroxyl groups is 5. The highest BCUT2D eigenvalue weighted by atomic mass is 35.5. The highest BCUT2D eigenvalue weighted by Crippen LogP contribution is 2.22. The van der Waals surface area contributed by atoms with Crippen molar-refractivity contribution in [2.24, 2.45) is 0 Å². The molecule has 0 saturated heterocycles. The van der Waals surface area contributed by atoms with E-state index >= 15 is 0 Å². The molecule has 0 aromatic carbocycles. The van der Waals surface area contributed by atoms with Crippen molar-refractivity contribution in [1.82, 2.24) is 58.3 Å². The summed E-state index contributed by atoms with van der Waals surface area (Å²) in [5.41, 5.74) is 0. The summed E-state index contributed by atoms with van der Waals surface area (Å²) in [6.45, 7) is 15.3. The van der Waals surface area contributed by atoms with Gasteiger partial charge in [0.25, 0.3) is 0 Å². The zero-order valence-electron chi connectivity index (χ0n) is 38.5. The molecule has 0 aliphatic carbocycles. The Bertz CT molecular complexity index is 1860. The Morgan fingerprint density at radius 3 is 1.22 bits per heavy atom. The fourth-order valence-electron chi connectivity index (χ4n) is 8.56. The first-order valence-corrected chi connectivity index (χ1v) is 23.7. The summed E-state index contributed by atoms with van der Waals surface area (Å²) in [5.74, 6) is 2.27. The summed E-state index contributed by atoms with van der Waals surface area (Å²) in [5, 5.41) is 54.4. The fraction of sp³-hybridized carbons (Fsp3) is 0.682. The summed E-state index contributed by atoms with van der Waals surface area (Å²) in [4.78, 5) is 25.0. The number of ether oxygens (including phenoxy) is 2. The van der Waals surface area contributed by atoms with E-state index in [0.29, 0.717) is 72.1 Å². The van der Waals surface area contributed by atoms with Crippen molar-refractivity contribution >= 4 is 23.2 Å². The maximum atomic E-state index is 11.2. The van der Waals surface area contributed by atoms with Crippen LogP contribution in [0.5, 0.6) is 0 Å². The number of rotatable bonds is 28. The van der Waals surface area contributed by atoms with E-state index in [9.17, 15) is 25.5 Å². The molecule has 0 amide bonds. The number of imidazole rings is 2. The lowest BCUT2D eigenvalue weighted by Gasteiger charge is -2.35. The standard InChI is InChI=1S/C44H72Cl2N12O7/c1-33-47-6-8-51(33)21-38(59)20-49-10-11-50(32-49)28-43(18-45)64-30-41(62)26-56-14-12-53(35(56)3)24-40(61)25-54-13-15-57(36(54)4)27-42(63)31-65-44(19-46)29-58-17-16-55(37(58)5)23-39(60)22-52-9-7-48-34(52)2/h6-17,35-44,59-63H,18-32H2,1-5H3. The number of aryl methyl sites for hydroxylation is 2. The lowest BCUT2D eigenvalue weighted by atomic mass is 10.2. The van der Waals surface area contributed by atoms with Crippen molar-refractivity contribution in [3.05, 3.63) is 86.0 Å². The van der Waals surface area contributed by atoms with Crippen LogP contribution in [-0.2, 0) is 22.6 Å². The Morgan fingerprint density at radius 2 is 0.831 bits per heavy atom. The maximum absolute atomic E-state index is 11.2. The lowest BCUT2D eigenvalue weighted by molar-refractivity contribution is -0.0303. The average Bonchev–Trinajstić information content (AvgIpc) is 4.15. The molecule has 4 aliphatic heterocycles. The SMILES string of the molecule is Cc1nccn1CC(O)CN1C=CN(CC(CCl)OCC(O)CN2C=CN(CC(O)CN3C=CN(CC(O)COC(CCl)CN4C=CN(CC(O)Cn5ccnc5C)C4C)C3C)C2C)C1. The van der Waals surface area contributed by atoms with Crippen LogP contribution in [0.3, 0.4) is 0 Å². The van der Waals surface area contributed by atoms with Crippen molar-refractivity contribution in [2.45, 2.75) is 109 Å². The van der Waals surface area contributed by atoms with Gasteiger partial charge in [-0.3, -0.25) is 0 Å². The molecular weight excluding hydrogens is 879 g/mol. The van der Waals surface area contributed by atoms with Crippen LogP contribution in [0.2, 0.25) is 0 Å². The van der Waals surface area contributed by atoms with Crippen LogP contribution in [0.1, 0.15) is 32.4 Å². The van der Waals surface area contributed by atoms with Crippen LogP contribution in [0, 0.1) is 13.8 Å². The number of aromatic nitrogens is 4. The minimum atomic E-state index is -0.756. The van der Waals surface area contributed by atoms with Gasteiger partial charge < -0.3 is 83.3 Å². The van der Waals surface area contributed by atoms with E-state index in [1.165, 1.54) is 0 Å². The molecule has 4 aliphatic rings. The molecule has 65 heavy (non-hydrogen) atoms. The van der Waals surface area contributed by atoms with Crippen LogP contribution in [0.15, 0.2) is 74.4 Å². The molecule has 364 valence electrons. The third-order valence-corrected chi connectivity index (χ3v) is 13.2. The van der Waals surface area contributed by atoms with Gasteiger partial charge in [-0.05, 0) is 34.6 Å². The van der Waals surface area contributed by atoms with Gasteiger partial charge in [0, 0.05) is 127 Å². The summed E-state index contributed by atoms with van der Waals surface area (Å²) in [6, 6.07) is 0. The van der Waals surface area contributed by atoms with Crippen LogP contribution in [0.4, 0.5) is 0 Å². The Balaban J connectivity index is 0.829. The number of nitrogens with zero attached hydrogens (tertiary/aromatic N) is 12. The molecule has 2 aromatic heterocycles. The van der Waals surface area contributed by atoms with Gasteiger partial charge >= 0.3 is 0 Å². The average molecular weight is 952 g/mol. The monoisotopic (exact) mass is 951 g/mol. The molecule has 5 N–H and O–H groups in total. The smallest absolute Gasteiger partial charge is 0.105 e. The largest absolute Gasteiger partial charge is 0.389 e. The molecule has 10 unspecified atom stereocenters. The van der Waals surface area contributed by atoms with E-state index in [1.807, 2.05) is 114 Å². The van der Waals surface area contributed by atoms with Crippen molar-refractivity contribution in [3.63, 3.8) is 0 Å². The molecule has 0 bridgehead atoms. The molecule has 21 heteroatoms. The second-order valence-electron chi connectivity index (χ2n) is 17.7. The van der Waals surface area contributed by atoms with Gasteiger partial charge in [0.2, 0.25) is 0 Å².